The van der Waals surface area contributed by atoms with Crippen LogP contribution in [-0.2, 0) is 6.54 Å². The van der Waals surface area contributed by atoms with Gasteiger partial charge in [-0.1, -0.05) is 44.2 Å². The third kappa shape index (κ3) is 3.85. The molecule has 4 heterocycles. The van der Waals surface area contributed by atoms with Crippen LogP contribution in [0.4, 0.5) is 0 Å². The molecule has 5 nitrogen and oxygen atoms in total. The molecule has 0 saturated heterocycles. The van der Waals surface area contributed by atoms with Crippen molar-refractivity contribution < 1.29 is 0 Å². The molecule has 0 atom stereocenters. The van der Waals surface area contributed by atoms with E-state index >= 15 is 0 Å². The van der Waals surface area contributed by atoms with Gasteiger partial charge in [0.05, 0.1) is 17.6 Å². The van der Waals surface area contributed by atoms with Gasteiger partial charge in [0.1, 0.15) is 5.65 Å². The quantitative estimate of drug-likeness (QED) is 0.375. The van der Waals surface area contributed by atoms with Gasteiger partial charge in [0.25, 0.3) is 5.56 Å². The Morgan fingerprint density at radius 3 is 2.50 bits per heavy atom. The first-order chi connectivity index (χ1) is 15.6. The lowest BCUT2D eigenvalue weighted by Crippen LogP contribution is -2.20. The first-order valence-corrected chi connectivity index (χ1v) is 10.8. The van der Waals surface area contributed by atoms with Crippen molar-refractivity contribution in [1.29, 1.82) is 0 Å². The number of benzene rings is 1. The third-order valence-corrected chi connectivity index (χ3v) is 5.52. The second-order valence-electron chi connectivity index (χ2n) is 8.39. The van der Waals surface area contributed by atoms with E-state index in [1.165, 1.54) is 0 Å². The highest BCUT2D eigenvalue weighted by molar-refractivity contribution is 5.72. The summed E-state index contributed by atoms with van der Waals surface area (Å²) in [6.07, 6.45) is 7.70. The maximum atomic E-state index is 12.2. The standard InChI is InChI=1S/C27H24N4O/c1-19(2)17-30-18-23(8-9-27(30)32)21-11-13-31-25(16-29-26(31)15-21)22-10-12-28-24(14-22)20-6-4-3-5-7-20/h3-16,18-19H,17H2,1-2H3. The number of nitrogens with zero attached hydrogens (tertiary/aromatic N) is 4. The van der Waals surface area contributed by atoms with E-state index in [0.717, 1.165) is 39.3 Å². The third-order valence-electron chi connectivity index (χ3n) is 5.52. The van der Waals surface area contributed by atoms with Crippen LogP contribution in [0.1, 0.15) is 13.8 Å². The molecular formula is C27H24N4O. The molecule has 32 heavy (non-hydrogen) atoms. The van der Waals surface area contributed by atoms with E-state index in [0.29, 0.717) is 12.5 Å². The molecule has 5 rings (SSSR count). The molecular weight excluding hydrogens is 396 g/mol. The number of imidazole rings is 1. The van der Waals surface area contributed by atoms with Gasteiger partial charge in [-0.05, 0) is 47.4 Å². The first-order valence-electron chi connectivity index (χ1n) is 10.8. The van der Waals surface area contributed by atoms with E-state index in [-0.39, 0.29) is 5.56 Å². The predicted molar refractivity (Wildman–Crippen MR) is 128 cm³/mol. The number of hydrogen-bond acceptors (Lipinski definition) is 3. The summed E-state index contributed by atoms with van der Waals surface area (Å²) in [4.78, 5) is 21.4. The Hall–Kier alpha value is -3.99. The summed E-state index contributed by atoms with van der Waals surface area (Å²) in [7, 11) is 0. The number of pyridine rings is 3. The minimum absolute atomic E-state index is 0.0264. The fraction of sp³-hybridized carbons (Fsp3) is 0.148. The van der Waals surface area contributed by atoms with Crippen LogP contribution in [0, 0.1) is 5.92 Å². The number of fused-ring (bicyclic) bond motifs is 1. The monoisotopic (exact) mass is 420 g/mol. The Morgan fingerprint density at radius 2 is 1.69 bits per heavy atom. The molecule has 5 aromatic rings. The largest absolute Gasteiger partial charge is 0.315 e. The maximum absolute atomic E-state index is 12.2. The average molecular weight is 421 g/mol. The van der Waals surface area contributed by atoms with Crippen LogP contribution in [0.25, 0.3) is 39.3 Å². The zero-order valence-corrected chi connectivity index (χ0v) is 18.1. The van der Waals surface area contributed by atoms with Crippen LogP contribution in [0.5, 0.6) is 0 Å². The Morgan fingerprint density at radius 1 is 0.844 bits per heavy atom. The van der Waals surface area contributed by atoms with Crippen LogP contribution in [0.15, 0.2) is 96.3 Å². The van der Waals surface area contributed by atoms with Crippen molar-refractivity contribution in [3.63, 3.8) is 0 Å². The molecule has 0 aliphatic heterocycles. The fourth-order valence-electron chi connectivity index (χ4n) is 3.97. The molecule has 0 N–H and O–H groups in total. The van der Waals surface area contributed by atoms with Gasteiger partial charge in [-0.2, -0.15) is 0 Å². The molecule has 0 radical (unpaired) electrons. The molecule has 4 aromatic heterocycles. The minimum Gasteiger partial charge on any atom is -0.315 e. The van der Waals surface area contributed by atoms with Gasteiger partial charge in [-0.3, -0.25) is 14.2 Å². The summed E-state index contributed by atoms with van der Waals surface area (Å²) in [5, 5.41) is 0. The van der Waals surface area contributed by atoms with Gasteiger partial charge in [-0.15, -0.1) is 0 Å². The number of rotatable bonds is 5. The lowest BCUT2D eigenvalue weighted by atomic mass is 10.1. The zero-order valence-electron chi connectivity index (χ0n) is 18.1. The molecule has 0 aliphatic carbocycles. The predicted octanol–water partition coefficient (Wildman–Crippen LogP) is 5.55. The van der Waals surface area contributed by atoms with Crippen LogP contribution in [0.3, 0.4) is 0 Å². The van der Waals surface area contributed by atoms with Crippen LogP contribution < -0.4 is 5.56 Å². The van der Waals surface area contributed by atoms with E-state index < -0.39 is 0 Å². The number of hydrogen-bond donors (Lipinski definition) is 0. The van der Waals surface area contributed by atoms with E-state index in [1.807, 2.05) is 55.1 Å². The van der Waals surface area contributed by atoms with Gasteiger partial charge in [-0.25, -0.2) is 4.98 Å². The first kappa shape index (κ1) is 19.9. The van der Waals surface area contributed by atoms with Gasteiger partial charge in [0.15, 0.2) is 0 Å². The van der Waals surface area contributed by atoms with Gasteiger partial charge < -0.3 is 4.57 Å². The Balaban J connectivity index is 1.53. The molecule has 0 spiro atoms. The van der Waals surface area contributed by atoms with Gasteiger partial charge in [0.2, 0.25) is 0 Å². The van der Waals surface area contributed by atoms with Crippen LogP contribution in [0.2, 0.25) is 0 Å². The Labute approximate surface area is 186 Å². The molecule has 0 unspecified atom stereocenters. The fourth-order valence-corrected chi connectivity index (χ4v) is 3.97. The summed E-state index contributed by atoms with van der Waals surface area (Å²) >= 11 is 0. The molecule has 0 amide bonds. The Bertz CT molecular complexity index is 1450. The van der Waals surface area contributed by atoms with Gasteiger partial charge in [0, 0.05) is 42.3 Å². The molecule has 158 valence electrons. The van der Waals surface area contributed by atoms with E-state index in [9.17, 15) is 4.79 Å². The van der Waals surface area contributed by atoms with E-state index in [2.05, 4.69) is 58.5 Å². The topological polar surface area (TPSA) is 52.2 Å². The summed E-state index contributed by atoms with van der Waals surface area (Å²) < 4.78 is 3.86. The SMILES string of the molecule is CC(C)Cn1cc(-c2ccn3c(-c4ccnc(-c5ccccc5)c4)cnc3c2)ccc1=O. The van der Waals surface area contributed by atoms with Crippen molar-refractivity contribution in [3.05, 3.63) is 102 Å². The summed E-state index contributed by atoms with van der Waals surface area (Å²) in [5.74, 6) is 0.404. The number of aromatic nitrogens is 4. The van der Waals surface area contributed by atoms with Crippen molar-refractivity contribution in [1.82, 2.24) is 18.9 Å². The molecule has 0 saturated carbocycles. The highest BCUT2D eigenvalue weighted by Gasteiger charge is 2.10. The molecule has 0 fully saturated rings. The molecule has 0 aliphatic rings. The van der Waals surface area contributed by atoms with Crippen molar-refractivity contribution in [2.24, 2.45) is 5.92 Å². The average Bonchev–Trinajstić information content (AvgIpc) is 3.24. The van der Waals surface area contributed by atoms with Crippen molar-refractivity contribution >= 4 is 5.65 Å². The highest BCUT2D eigenvalue weighted by Crippen LogP contribution is 2.27. The van der Waals surface area contributed by atoms with Crippen molar-refractivity contribution in [2.45, 2.75) is 20.4 Å². The van der Waals surface area contributed by atoms with Crippen LogP contribution in [-0.4, -0.2) is 18.9 Å². The van der Waals surface area contributed by atoms with E-state index in [1.54, 1.807) is 10.6 Å². The van der Waals surface area contributed by atoms with Crippen molar-refractivity contribution in [3.8, 4) is 33.6 Å². The summed E-state index contributed by atoms with van der Waals surface area (Å²) in [6.45, 7) is 4.92. The highest BCUT2D eigenvalue weighted by atomic mass is 16.1. The van der Waals surface area contributed by atoms with Gasteiger partial charge >= 0.3 is 0 Å². The maximum Gasteiger partial charge on any atom is 0.250 e. The lowest BCUT2D eigenvalue weighted by Gasteiger charge is -2.11. The van der Waals surface area contributed by atoms with E-state index in [4.69, 9.17) is 0 Å². The molecule has 0 bridgehead atoms. The zero-order chi connectivity index (χ0) is 22.1. The molecule has 5 heteroatoms. The molecule has 1 aromatic carbocycles. The Kier molecular flexibility index (Phi) is 5.15. The minimum atomic E-state index is 0.0264. The lowest BCUT2D eigenvalue weighted by molar-refractivity contribution is 0.511. The second-order valence-corrected chi connectivity index (χ2v) is 8.39. The van der Waals surface area contributed by atoms with Crippen molar-refractivity contribution in [2.75, 3.05) is 0 Å². The second kappa shape index (κ2) is 8.27. The summed E-state index contributed by atoms with van der Waals surface area (Å²) in [5.41, 5.74) is 7.01. The normalized spacial score (nSPS) is 11.3. The smallest absolute Gasteiger partial charge is 0.250 e. The van der Waals surface area contributed by atoms with Crippen LogP contribution >= 0.6 is 0 Å². The summed E-state index contributed by atoms with van der Waals surface area (Å²) in [6, 6.07) is 21.9.